The summed E-state index contributed by atoms with van der Waals surface area (Å²) in [4.78, 5) is 20.0. The molecule has 0 saturated heterocycles. The highest BCUT2D eigenvalue weighted by molar-refractivity contribution is 7.14. The molecule has 0 amide bonds. The maximum absolute atomic E-state index is 11.5. The summed E-state index contributed by atoms with van der Waals surface area (Å²) in [6, 6.07) is 9.91. The fraction of sp³-hybridized carbons (Fsp3) is 0.176. The van der Waals surface area contributed by atoms with E-state index in [1.165, 1.54) is 29.5 Å². The maximum Gasteiger partial charge on any atom is 0.327 e. The van der Waals surface area contributed by atoms with Gasteiger partial charge in [-0.25, -0.2) is 14.6 Å². The summed E-state index contributed by atoms with van der Waals surface area (Å²) in [5.74, 6) is 0.225. The minimum absolute atomic E-state index is 0.00666. The van der Waals surface area contributed by atoms with Crippen LogP contribution in [-0.2, 0) is 22.6 Å². The molecule has 27 heavy (non-hydrogen) atoms. The van der Waals surface area contributed by atoms with Crippen LogP contribution < -0.4 is 5.32 Å². The molecule has 0 spiro atoms. The van der Waals surface area contributed by atoms with Crippen molar-refractivity contribution in [3.8, 4) is 10.6 Å². The second-order valence-electron chi connectivity index (χ2n) is 5.56. The summed E-state index contributed by atoms with van der Waals surface area (Å²) in [7, 11) is 1.34. The molecule has 3 heterocycles. The number of anilines is 1. The van der Waals surface area contributed by atoms with Crippen LogP contribution >= 0.6 is 11.3 Å². The Morgan fingerprint density at radius 2 is 2.07 bits per heavy atom. The number of carbonyl (C=O) groups is 1. The molecule has 9 nitrogen and oxygen atoms in total. The van der Waals surface area contributed by atoms with Crippen molar-refractivity contribution in [2.24, 2.45) is 0 Å². The number of esters is 1. The number of hydrogen-bond donors (Lipinski definition) is 1. The van der Waals surface area contributed by atoms with Gasteiger partial charge in [0.15, 0.2) is 5.65 Å². The van der Waals surface area contributed by atoms with Crippen LogP contribution in [0.25, 0.3) is 21.6 Å². The highest BCUT2D eigenvalue weighted by atomic mass is 32.1. The lowest BCUT2D eigenvalue weighted by atomic mass is 10.2. The lowest BCUT2D eigenvalue weighted by Crippen LogP contribution is -2.13. The lowest BCUT2D eigenvalue weighted by molar-refractivity contribution is -0.141. The van der Waals surface area contributed by atoms with Crippen LogP contribution in [-0.4, -0.2) is 43.0 Å². The molecule has 0 aliphatic rings. The van der Waals surface area contributed by atoms with Crippen molar-refractivity contribution in [3.63, 3.8) is 0 Å². The van der Waals surface area contributed by atoms with Crippen LogP contribution in [0.4, 0.5) is 5.82 Å². The second-order valence-corrected chi connectivity index (χ2v) is 6.62. The smallest absolute Gasteiger partial charge is 0.327 e. The van der Waals surface area contributed by atoms with Gasteiger partial charge in [0.05, 0.1) is 25.2 Å². The van der Waals surface area contributed by atoms with Gasteiger partial charge in [0.2, 0.25) is 0 Å². The van der Waals surface area contributed by atoms with E-state index in [0.29, 0.717) is 23.4 Å². The highest BCUT2D eigenvalue weighted by Crippen LogP contribution is 2.24. The van der Waals surface area contributed by atoms with Gasteiger partial charge in [-0.2, -0.15) is 5.10 Å². The van der Waals surface area contributed by atoms with Gasteiger partial charge < -0.3 is 10.1 Å². The van der Waals surface area contributed by atoms with Crippen molar-refractivity contribution in [2.75, 3.05) is 12.4 Å². The molecular weight excluding hydrogens is 366 g/mol. The third-order valence-electron chi connectivity index (χ3n) is 3.83. The molecule has 4 aromatic rings. The van der Waals surface area contributed by atoms with Gasteiger partial charge in [0, 0.05) is 5.56 Å². The van der Waals surface area contributed by atoms with E-state index in [1.54, 1.807) is 6.20 Å². The summed E-state index contributed by atoms with van der Waals surface area (Å²) >= 11 is 1.52. The van der Waals surface area contributed by atoms with Crippen LogP contribution in [0.2, 0.25) is 0 Å². The summed E-state index contributed by atoms with van der Waals surface area (Å²) in [6.45, 7) is 0.464. The van der Waals surface area contributed by atoms with Crippen LogP contribution in [0.3, 0.4) is 0 Å². The van der Waals surface area contributed by atoms with Crippen LogP contribution in [0.15, 0.2) is 42.9 Å². The largest absolute Gasteiger partial charge is 0.468 e. The third kappa shape index (κ3) is 3.60. The Labute approximate surface area is 158 Å². The maximum atomic E-state index is 11.5. The number of aromatic nitrogens is 6. The van der Waals surface area contributed by atoms with E-state index in [-0.39, 0.29) is 6.54 Å². The van der Waals surface area contributed by atoms with Gasteiger partial charge in [0.25, 0.3) is 0 Å². The number of methoxy groups -OCH3 is 1. The van der Waals surface area contributed by atoms with Gasteiger partial charge in [0.1, 0.15) is 28.7 Å². The molecule has 10 heteroatoms. The minimum Gasteiger partial charge on any atom is -0.468 e. The van der Waals surface area contributed by atoms with Gasteiger partial charge in [-0.15, -0.1) is 10.2 Å². The first-order valence-electron chi connectivity index (χ1n) is 8.09. The Hall–Kier alpha value is -3.40. The molecule has 136 valence electrons. The first-order chi connectivity index (χ1) is 13.2. The van der Waals surface area contributed by atoms with E-state index in [0.717, 1.165) is 15.6 Å². The Morgan fingerprint density at radius 1 is 1.22 bits per heavy atom. The lowest BCUT2D eigenvalue weighted by Gasteiger charge is -2.04. The average Bonchev–Trinajstić information content (AvgIpc) is 3.35. The molecule has 0 unspecified atom stereocenters. The van der Waals surface area contributed by atoms with Crippen molar-refractivity contribution in [3.05, 3.63) is 47.9 Å². The molecule has 0 saturated carbocycles. The van der Waals surface area contributed by atoms with E-state index in [9.17, 15) is 4.79 Å². The van der Waals surface area contributed by atoms with Gasteiger partial charge >= 0.3 is 5.97 Å². The monoisotopic (exact) mass is 381 g/mol. The highest BCUT2D eigenvalue weighted by Gasteiger charge is 2.13. The van der Waals surface area contributed by atoms with Gasteiger partial charge in [-0.3, -0.25) is 4.79 Å². The molecule has 1 N–H and O–H groups in total. The van der Waals surface area contributed by atoms with Crippen molar-refractivity contribution in [2.45, 2.75) is 13.1 Å². The number of fused-ring (bicyclic) bond motifs is 1. The number of benzene rings is 1. The molecule has 0 fully saturated rings. The van der Waals surface area contributed by atoms with Crippen molar-refractivity contribution < 1.29 is 9.53 Å². The molecule has 0 atom stereocenters. The quantitative estimate of drug-likeness (QED) is 0.506. The summed E-state index contributed by atoms with van der Waals surface area (Å²) in [5, 5.41) is 18.3. The number of nitrogens with zero attached hydrogens (tertiary/aromatic N) is 6. The van der Waals surface area contributed by atoms with Crippen LogP contribution in [0.5, 0.6) is 0 Å². The zero-order valence-corrected chi connectivity index (χ0v) is 15.2. The number of ether oxygens (including phenoxy) is 1. The number of nitrogens with one attached hydrogen (secondary N) is 1. The Morgan fingerprint density at radius 3 is 2.89 bits per heavy atom. The normalized spacial score (nSPS) is 10.9. The van der Waals surface area contributed by atoms with Crippen LogP contribution in [0.1, 0.15) is 5.01 Å². The van der Waals surface area contributed by atoms with E-state index in [4.69, 9.17) is 0 Å². The van der Waals surface area contributed by atoms with E-state index in [2.05, 4.69) is 35.3 Å². The molecule has 0 aliphatic carbocycles. The minimum atomic E-state index is -0.393. The fourth-order valence-electron chi connectivity index (χ4n) is 2.52. The number of carbonyl (C=O) groups excluding carboxylic acids is 1. The van der Waals surface area contributed by atoms with Gasteiger partial charge in [-0.05, 0) is 0 Å². The molecular formula is C17H15N7O2S. The van der Waals surface area contributed by atoms with Crippen molar-refractivity contribution in [1.82, 2.24) is 29.9 Å². The van der Waals surface area contributed by atoms with E-state index in [1.807, 2.05) is 30.3 Å². The molecule has 0 bridgehead atoms. The van der Waals surface area contributed by atoms with Crippen LogP contribution in [0, 0.1) is 0 Å². The first-order valence-corrected chi connectivity index (χ1v) is 8.91. The zero-order valence-electron chi connectivity index (χ0n) is 14.4. The molecule has 3 aromatic heterocycles. The summed E-state index contributed by atoms with van der Waals surface area (Å²) in [6.07, 6.45) is 3.05. The summed E-state index contributed by atoms with van der Waals surface area (Å²) < 4.78 is 6.15. The second kappa shape index (κ2) is 7.46. The number of hydrogen-bond acceptors (Lipinski definition) is 9. The summed E-state index contributed by atoms with van der Waals surface area (Å²) in [5.41, 5.74) is 1.59. The molecule has 1 aromatic carbocycles. The predicted molar refractivity (Wildman–Crippen MR) is 100 cm³/mol. The third-order valence-corrected chi connectivity index (χ3v) is 4.81. The molecule has 4 rings (SSSR count). The SMILES string of the molecule is COC(=O)Cn1ncc2c(NCc3nnc(-c4ccccc4)s3)ncnc21. The standard InChI is InChI=1S/C17H15N7O2S/c1-26-14(25)9-24-16-12(7-21-24)15(19-10-20-16)18-8-13-22-23-17(27-13)11-5-3-2-4-6-11/h2-7,10H,8-9H2,1H3,(H,18,19,20). The average molecular weight is 381 g/mol. The topological polar surface area (TPSA) is 108 Å². The van der Waals surface area contributed by atoms with Gasteiger partial charge in [-0.1, -0.05) is 41.7 Å². The fourth-order valence-corrected chi connectivity index (χ4v) is 3.30. The first kappa shape index (κ1) is 17.0. The van der Waals surface area contributed by atoms with E-state index >= 15 is 0 Å². The predicted octanol–water partition coefficient (Wildman–Crippen LogP) is 2.13. The Kier molecular flexibility index (Phi) is 4.71. The van der Waals surface area contributed by atoms with Crippen molar-refractivity contribution >= 4 is 34.2 Å². The zero-order chi connectivity index (χ0) is 18.6. The molecule has 0 radical (unpaired) electrons. The van der Waals surface area contributed by atoms with Crippen molar-refractivity contribution in [1.29, 1.82) is 0 Å². The molecule has 0 aliphatic heterocycles. The number of rotatable bonds is 6. The van der Waals surface area contributed by atoms with E-state index < -0.39 is 5.97 Å². The Balaban J connectivity index is 1.51. The Bertz CT molecular complexity index is 1080.